The van der Waals surface area contributed by atoms with Gasteiger partial charge >= 0.3 is 11.9 Å². The maximum Gasteiger partial charge on any atom is 0.433 e. The van der Waals surface area contributed by atoms with Gasteiger partial charge in [-0.2, -0.15) is 0 Å². The van der Waals surface area contributed by atoms with Crippen LogP contribution in [-0.4, -0.2) is 21.0 Å². The highest BCUT2D eigenvalue weighted by Gasteiger charge is 2.12. The van der Waals surface area contributed by atoms with E-state index in [0.29, 0.717) is 16.5 Å². The van der Waals surface area contributed by atoms with Crippen molar-refractivity contribution in [2.24, 2.45) is 0 Å². The van der Waals surface area contributed by atoms with Crippen LogP contribution in [-0.2, 0) is 5.75 Å². The summed E-state index contributed by atoms with van der Waals surface area (Å²) >= 11 is 1.24. The van der Waals surface area contributed by atoms with Gasteiger partial charge in [-0.25, -0.2) is 9.78 Å². The molecule has 0 atom stereocenters. The van der Waals surface area contributed by atoms with Crippen LogP contribution in [0.3, 0.4) is 0 Å². The normalized spacial score (nSPS) is 10.3. The molecule has 0 aliphatic rings. The lowest BCUT2D eigenvalue weighted by atomic mass is 10.3. The van der Waals surface area contributed by atoms with E-state index in [4.69, 9.17) is 9.52 Å². The van der Waals surface area contributed by atoms with Crippen LogP contribution < -0.4 is 0 Å². The molecule has 0 aliphatic carbocycles. The number of rotatable bonds is 5. The molecule has 0 amide bonds. The summed E-state index contributed by atoms with van der Waals surface area (Å²) in [6.45, 7) is 0. The molecule has 2 aromatic rings. The van der Waals surface area contributed by atoms with Gasteiger partial charge in [0.1, 0.15) is 10.7 Å². The Morgan fingerprint density at radius 1 is 1.47 bits per heavy atom. The van der Waals surface area contributed by atoms with Crippen molar-refractivity contribution in [2.75, 3.05) is 0 Å². The predicted octanol–water partition coefficient (Wildman–Crippen LogP) is 2.57. The second-order valence-corrected chi connectivity index (χ2v) is 4.47. The smallest absolute Gasteiger partial charge is 0.433 e. The minimum atomic E-state index is -1.03. The summed E-state index contributed by atoms with van der Waals surface area (Å²) in [4.78, 5) is 24.6. The maximum atomic E-state index is 10.8. The van der Waals surface area contributed by atoms with Crippen LogP contribution >= 0.6 is 11.8 Å². The standard InChI is InChI=1S/C11H8N2O5S/c14-11(15)7-3-4-12-9(5-7)19-6-8-1-2-10(18-8)13(16)17/h1-5H,6H2,(H,14,15). The number of nitrogens with zero attached hydrogens (tertiary/aromatic N) is 2. The van der Waals surface area contributed by atoms with E-state index in [1.807, 2.05) is 0 Å². The number of hydrogen-bond donors (Lipinski definition) is 1. The Bertz CT molecular complexity index is 625. The van der Waals surface area contributed by atoms with Gasteiger partial charge in [0.2, 0.25) is 0 Å². The molecule has 0 fully saturated rings. The highest BCUT2D eigenvalue weighted by molar-refractivity contribution is 7.98. The highest BCUT2D eigenvalue weighted by Crippen LogP contribution is 2.24. The Labute approximate surface area is 111 Å². The van der Waals surface area contributed by atoms with Crippen LogP contribution in [0.5, 0.6) is 0 Å². The monoisotopic (exact) mass is 280 g/mol. The Hall–Kier alpha value is -2.35. The van der Waals surface area contributed by atoms with Crippen LogP contribution in [0.1, 0.15) is 16.1 Å². The SMILES string of the molecule is O=C(O)c1ccnc(SCc2ccc([N+](=O)[O-])o2)c1. The summed E-state index contributed by atoms with van der Waals surface area (Å²) in [6.07, 6.45) is 1.40. The molecule has 7 nitrogen and oxygen atoms in total. The van der Waals surface area contributed by atoms with Crippen molar-refractivity contribution in [1.29, 1.82) is 0 Å². The first-order chi connectivity index (χ1) is 9.06. The maximum absolute atomic E-state index is 10.8. The first-order valence-electron chi connectivity index (χ1n) is 5.11. The highest BCUT2D eigenvalue weighted by atomic mass is 32.2. The average molecular weight is 280 g/mol. The number of carboxylic acids is 1. The van der Waals surface area contributed by atoms with Crippen LogP contribution in [0.15, 0.2) is 39.9 Å². The summed E-state index contributed by atoms with van der Waals surface area (Å²) in [6, 6.07) is 5.61. The Balaban J connectivity index is 2.03. The second kappa shape index (κ2) is 5.53. The molecule has 98 valence electrons. The van der Waals surface area contributed by atoms with Gasteiger partial charge in [0.05, 0.1) is 22.4 Å². The lowest BCUT2D eigenvalue weighted by Crippen LogP contribution is -1.96. The lowest BCUT2D eigenvalue weighted by molar-refractivity contribution is -0.402. The third kappa shape index (κ3) is 3.32. The molecule has 2 aromatic heterocycles. The van der Waals surface area contributed by atoms with Crippen molar-refractivity contribution in [3.8, 4) is 0 Å². The van der Waals surface area contributed by atoms with Gasteiger partial charge < -0.3 is 9.52 Å². The van der Waals surface area contributed by atoms with E-state index < -0.39 is 10.9 Å². The molecule has 0 aliphatic heterocycles. The van der Waals surface area contributed by atoms with E-state index in [1.165, 1.54) is 42.2 Å². The summed E-state index contributed by atoms with van der Waals surface area (Å²) < 4.78 is 4.98. The second-order valence-electron chi connectivity index (χ2n) is 3.47. The fourth-order valence-electron chi connectivity index (χ4n) is 1.31. The molecule has 0 radical (unpaired) electrons. The minimum Gasteiger partial charge on any atom is -0.478 e. The molecule has 8 heteroatoms. The van der Waals surface area contributed by atoms with Crippen LogP contribution in [0, 0.1) is 10.1 Å². The van der Waals surface area contributed by atoms with Gasteiger partial charge in [-0.3, -0.25) is 10.1 Å². The number of aromatic carboxylic acids is 1. The van der Waals surface area contributed by atoms with Crippen molar-refractivity contribution in [3.63, 3.8) is 0 Å². The molecule has 1 N–H and O–H groups in total. The number of furan rings is 1. The molecule has 19 heavy (non-hydrogen) atoms. The van der Waals surface area contributed by atoms with Crippen molar-refractivity contribution < 1.29 is 19.2 Å². The molecule has 2 heterocycles. The third-order valence-electron chi connectivity index (χ3n) is 2.17. The number of hydrogen-bond acceptors (Lipinski definition) is 6. The molecule has 2 rings (SSSR count). The zero-order valence-electron chi connectivity index (χ0n) is 9.48. The molecular weight excluding hydrogens is 272 g/mol. The summed E-state index contributed by atoms with van der Waals surface area (Å²) in [7, 11) is 0. The fraction of sp³-hybridized carbons (Fsp3) is 0.0909. The van der Waals surface area contributed by atoms with E-state index in [9.17, 15) is 14.9 Å². The quantitative estimate of drug-likeness (QED) is 0.509. The van der Waals surface area contributed by atoms with E-state index in [1.54, 1.807) is 0 Å². The van der Waals surface area contributed by atoms with Crippen LogP contribution in [0.4, 0.5) is 5.88 Å². The van der Waals surface area contributed by atoms with E-state index in [0.717, 1.165) is 0 Å². The first kappa shape index (κ1) is 13.1. The number of carboxylic acid groups (broad SMARTS) is 1. The predicted molar refractivity (Wildman–Crippen MR) is 66.1 cm³/mol. The van der Waals surface area contributed by atoms with E-state index in [-0.39, 0.29) is 11.4 Å². The fourth-order valence-corrected chi connectivity index (χ4v) is 2.10. The zero-order valence-corrected chi connectivity index (χ0v) is 10.3. The average Bonchev–Trinajstić information content (AvgIpc) is 2.85. The molecule has 0 spiro atoms. The molecule has 0 aromatic carbocycles. The van der Waals surface area contributed by atoms with Crippen LogP contribution in [0.25, 0.3) is 0 Å². The zero-order chi connectivity index (χ0) is 13.8. The largest absolute Gasteiger partial charge is 0.478 e. The van der Waals surface area contributed by atoms with Crippen molar-refractivity contribution in [2.45, 2.75) is 10.8 Å². The first-order valence-corrected chi connectivity index (χ1v) is 6.10. The minimum absolute atomic E-state index is 0.142. The molecule has 0 bridgehead atoms. The van der Waals surface area contributed by atoms with Gasteiger partial charge in [0.15, 0.2) is 0 Å². The van der Waals surface area contributed by atoms with Gasteiger partial charge in [-0.05, 0) is 18.2 Å². The number of aromatic nitrogens is 1. The summed E-state index contributed by atoms with van der Waals surface area (Å²) in [5.41, 5.74) is 0.142. The number of thioether (sulfide) groups is 1. The van der Waals surface area contributed by atoms with Gasteiger partial charge in [0.25, 0.3) is 0 Å². The van der Waals surface area contributed by atoms with Crippen molar-refractivity contribution in [1.82, 2.24) is 4.98 Å². The Kier molecular flexibility index (Phi) is 3.81. The molecular formula is C11H8N2O5S. The summed E-state index contributed by atoms with van der Waals surface area (Å²) in [5, 5.41) is 19.8. The number of nitro groups is 1. The lowest BCUT2D eigenvalue weighted by Gasteiger charge is -1.99. The summed E-state index contributed by atoms with van der Waals surface area (Å²) in [5.74, 6) is -0.579. The van der Waals surface area contributed by atoms with Crippen molar-refractivity contribution in [3.05, 3.63) is 51.9 Å². The topological polar surface area (TPSA) is 106 Å². The Morgan fingerprint density at radius 2 is 2.26 bits per heavy atom. The number of carbonyl (C=O) groups is 1. The molecule has 0 unspecified atom stereocenters. The van der Waals surface area contributed by atoms with Crippen LogP contribution in [0.2, 0.25) is 0 Å². The third-order valence-corrected chi connectivity index (χ3v) is 3.12. The van der Waals surface area contributed by atoms with Crippen molar-refractivity contribution >= 4 is 23.6 Å². The van der Waals surface area contributed by atoms with Gasteiger partial charge in [0, 0.05) is 6.20 Å². The van der Waals surface area contributed by atoms with E-state index >= 15 is 0 Å². The number of pyridine rings is 1. The molecule has 0 saturated heterocycles. The van der Waals surface area contributed by atoms with Gasteiger partial charge in [-0.15, -0.1) is 0 Å². The van der Waals surface area contributed by atoms with Gasteiger partial charge in [-0.1, -0.05) is 11.8 Å². The van der Waals surface area contributed by atoms with E-state index in [2.05, 4.69) is 4.98 Å². The molecule has 0 saturated carbocycles. The Morgan fingerprint density at radius 3 is 2.89 bits per heavy atom.